The normalized spacial score (nSPS) is 15.5. The van der Waals surface area contributed by atoms with E-state index in [2.05, 4.69) is 11.9 Å². The summed E-state index contributed by atoms with van der Waals surface area (Å²) in [6.07, 6.45) is 1.88. The number of hydrogen-bond donors (Lipinski definition) is 1. The quantitative estimate of drug-likeness (QED) is 0.277. The van der Waals surface area contributed by atoms with E-state index in [1.807, 2.05) is 0 Å². The van der Waals surface area contributed by atoms with Crippen LogP contribution >= 0.6 is 11.6 Å². The average Bonchev–Trinajstić information content (AvgIpc) is 2.70. The van der Waals surface area contributed by atoms with Crippen LogP contribution in [0.5, 0.6) is 0 Å². The van der Waals surface area contributed by atoms with Crippen molar-refractivity contribution in [2.24, 2.45) is 5.92 Å². The van der Waals surface area contributed by atoms with Crippen molar-refractivity contribution in [3.05, 3.63) is 46.0 Å². The highest BCUT2D eigenvalue weighted by atomic mass is 35.5. The van der Waals surface area contributed by atoms with Crippen LogP contribution in [0.15, 0.2) is 35.7 Å². The summed E-state index contributed by atoms with van der Waals surface area (Å²) < 4.78 is 31.7. The fourth-order valence-corrected chi connectivity index (χ4v) is 4.73. The van der Waals surface area contributed by atoms with E-state index < -0.39 is 39.3 Å². The molecule has 12 heteroatoms. The van der Waals surface area contributed by atoms with E-state index in [-0.39, 0.29) is 48.1 Å². The molecule has 0 atom stereocenters. The molecule has 1 saturated heterocycles. The molecule has 158 valence electrons. The minimum absolute atomic E-state index is 0.0176. The van der Waals surface area contributed by atoms with Crippen molar-refractivity contribution < 1.29 is 27.7 Å². The number of nitro benzene ring substituents is 1. The van der Waals surface area contributed by atoms with E-state index in [9.17, 15) is 28.1 Å². The number of carbonyl (C=O) groups excluding carboxylic acids is 2. The van der Waals surface area contributed by atoms with Crippen molar-refractivity contribution >= 4 is 39.2 Å². The van der Waals surface area contributed by atoms with Gasteiger partial charge in [-0.25, -0.2) is 8.42 Å². The van der Waals surface area contributed by atoms with Crippen molar-refractivity contribution in [1.82, 2.24) is 9.62 Å². The molecule has 0 spiro atoms. The van der Waals surface area contributed by atoms with Gasteiger partial charge in [0.05, 0.1) is 15.9 Å². The lowest BCUT2D eigenvalue weighted by Crippen LogP contribution is -2.41. The minimum Gasteiger partial charge on any atom is -0.455 e. The van der Waals surface area contributed by atoms with Crippen LogP contribution in [-0.2, 0) is 24.3 Å². The maximum absolute atomic E-state index is 12.8. The van der Waals surface area contributed by atoms with Crippen molar-refractivity contribution in [2.45, 2.75) is 17.7 Å². The molecule has 0 unspecified atom stereocenters. The third-order valence-corrected chi connectivity index (χ3v) is 6.70. The summed E-state index contributed by atoms with van der Waals surface area (Å²) in [4.78, 5) is 33.4. The largest absolute Gasteiger partial charge is 0.455 e. The molecule has 0 aromatic heterocycles. The van der Waals surface area contributed by atoms with Crippen molar-refractivity contribution in [1.29, 1.82) is 0 Å². The molecule has 1 heterocycles. The second-order valence-electron chi connectivity index (χ2n) is 6.25. The lowest BCUT2D eigenvalue weighted by molar-refractivity contribution is -0.385. The van der Waals surface area contributed by atoms with E-state index >= 15 is 0 Å². The lowest BCUT2D eigenvalue weighted by Gasteiger charge is -2.30. The third kappa shape index (κ3) is 5.75. The molecule has 1 aromatic carbocycles. The molecule has 0 radical (unpaired) electrons. The number of sulfonamides is 1. The van der Waals surface area contributed by atoms with Crippen LogP contribution in [0.25, 0.3) is 0 Å². The zero-order valence-electron chi connectivity index (χ0n) is 15.4. The number of hydrogen-bond acceptors (Lipinski definition) is 7. The first kappa shape index (κ1) is 22.8. The van der Waals surface area contributed by atoms with Crippen LogP contribution in [0.4, 0.5) is 5.69 Å². The molecule has 1 aliphatic heterocycles. The van der Waals surface area contributed by atoms with Gasteiger partial charge in [-0.1, -0.05) is 17.7 Å². The first-order valence-corrected chi connectivity index (χ1v) is 10.5. The predicted octanol–water partition coefficient (Wildman–Crippen LogP) is 1.49. The molecule has 29 heavy (non-hydrogen) atoms. The topological polar surface area (TPSA) is 136 Å². The molecular weight excluding hydrogens is 426 g/mol. The van der Waals surface area contributed by atoms with Crippen LogP contribution in [0.3, 0.4) is 0 Å². The van der Waals surface area contributed by atoms with Crippen LogP contribution in [0.1, 0.15) is 12.8 Å². The van der Waals surface area contributed by atoms with Gasteiger partial charge in [-0.15, -0.1) is 6.58 Å². The first-order chi connectivity index (χ1) is 13.7. The maximum Gasteiger partial charge on any atom is 0.309 e. The Hall–Kier alpha value is -2.50. The molecule has 0 bridgehead atoms. The van der Waals surface area contributed by atoms with E-state index in [0.29, 0.717) is 0 Å². The molecule has 10 nitrogen and oxygen atoms in total. The van der Waals surface area contributed by atoms with Gasteiger partial charge in [-0.05, 0) is 18.9 Å². The summed E-state index contributed by atoms with van der Waals surface area (Å²) in [6, 6.07) is 3.20. The van der Waals surface area contributed by atoms with Gasteiger partial charge >= 0.3 is 5.97 Å². The monoisotopic (exact) mass is 445 g/mol. The van der Waals surface area contributed by atoms with Gasteiger partial charge in [-0.3, -0.25) is 19.7 Å². The van der Waals surface area contributed by atoms with Crippen LogP contribution in [0, 0.1) is 16.0 Å². The van der Waals surface area contributed by atoms with Gasteiger partial charge in [0.25, 0.3) is 11.6 Å². The minimum atomic E-state index is -4.06. The number of carbonyl (C=O) groups is 2. The summed E-state index contributed by atoms with van der Waals surface area (Å²) in [7, 11) is -4.06. The van der Waals surface area contributed by atoms with Crippen molar-refractivity contribution in [3.8, 4) is 0 Å². The second-order valence-corrected chi connectivity index (χ2v) is 8.56. The number of piperidine rings is 1. The summed E-state index contributed by atoms with van der Waals surface area (Å²) in [6.45, 7) is 3.32. The molecule has 1 aromatic rings. The van der Waals surface area contributed by atoms with Gasteiger partial charge < -0.3 is 10.1 Å². The number of nitrogens with zero attached hydrogens (tertiary/aromatic N) is 2. The Morgan fingerprint density at radius 2 is 2.03 bits per heavy atom. The highest BCUT2D eigenvalue weighted by molar-refractivity contribution is 7.89. The Kier molecular flexibility index (Phi) is 7.71. The Labute approximate surface area is 172 Å². The lowest BCUT2D eigenvalue weighted by atomic mass is 9.98. The molecule has 1 fully saturated rings. The Morgan fingerprint density at radius 1 is 1.38 bits per heavy atom. The number of halogens is 1. The Balaban J connectivity index is 1.98. The van der Waals surface area contributed by atoms with Crippen molar-refractivity contribution in [3.63, 3.8) is 0 Å². The Bertz CT molecular complexity index is 912. The number of amides is 1. The highest BCUT2D eigenvalue weighted by Gasteiger charge is 2.34. The van der Waals surface area contributed by atoms with Crippen molar-refractivity contribution in [2.75, 3.05) is 26.2 Å². The van der Waals surface area contributed by atoms with E-state index in [1.165, 1.54) is 6.08 Å². The standard InChI is InChI=1S/C17H20ClN3O7S/c1-2-7-19-16(22)11-28-17(23)12-5-8-20(9-6-12)29(26,27)15-10-13(21(24)25)3-4-14(15)18/h2-4,10,12H,1,5-9,11H2,(H,19,22). The Morgan fingerprint density at radius 3 is 2.62 bits per heavy atom. The summed E-state index contributed by atoms with van der Waals surface area (Å²) in [5.74, 6) is -1.59. The number of nitro groups is 1. The molecular formula is C17H20ClN3O7S. The zero-order valence-corrected chi connectivity index (χ0v) is 16.9. The number of nitrogens with one attached hydrogen (secondary N) is 1. The fourth-order valence-electron chi connectivity index (χ4n) is 2.77. The van der Waals surface area contributed by atoms with E-state index in [1.54, 1.807) is 0 Å². The van der Waals surface area contributed by atoms with Crippen LogP contribution < -0.4 is 5.32 Å². The first-order valence-electron chi connectivity index (χ1n) is 8.65. The van der Waals surface area contributed by atoms with Gasteiger partial charge in [-0.2, -0.15) is 4.31 Å². The van der Waals surface area contributed by atoms with Gasteiger partial charge in [0.2, 0.25) is 10.0 Å². The highest BCUT2D eigenvalue weighted by Crippen LogP contribution is 2.31. The zero-order chi connectivity index (χ0) is 21.6. The average molecular weight is 446 g/mol. The summed E-state index contributed by atoms with van der Waals surface area (Å²) in [5.41, 5.74) is -0.388. The third-order valence-electron chi connectivity index (χ3n) is 4.32. The molecule has 2 rings (SSSR count). The van der Waals surface area contributed by atoms with Crippen LogP contribution in [0.2, 0.25) is 5.02 Å². The predicted molar refractivity (Wildman–Crippen MR) is 104 cm³/mol. The number of ether oxygens (including phenoxy) is 1. The number of esters is 1. The summed E-state index contributed by atoms with van der Waals surface area (Å²) >= 11 is 5.94. The smallest absolute Gasteiger partial charge is 0.309 e. The van der Waals surface area contributed by atoms with Gasteiger partial charge in [0, 0.05) is 31.8 Å². The van der Waals surface area contributed by atoms with E-state index in [0.717, 1.165) is 22.5 Å². The second kappa shape index (κ2) is 9.81. The van der Waals surface area contributed by atoms with E-state index in [4.69, 9.17) is 16.3 Å². The molecule has 0 saturated carbocycles. The molecule has 1 N–H and O–H groups in total. The maximum atomic E-state index is 12.8. The summed E-state index contributed by atoms with van der Waals surface area (Å²) in [5, 5.41) is 13.3. The SMILES string of the molecule is C=CCNC(=O)COC(=O)C1CCN(S(=O)(=O)c2cc([N+](=O)[O-])ccc2Cl)CC1. The number of rotatable bonds is 8. The fraction of sp³-hybridized carbons (Fsp3) is 0.412. The van der Waals surface area contributed by atoms with Gasteiger partial charge in [0.15, 0.2) is 6.61 Å². The van der Waals surface area contributed by atoms with Crippen LogP contribution in [-0.4, -0.2) is 55.8 Å². The number of non-ortho nitro benzene ring substituents is 1. The van der Waals surface area contributed by atoms with Gasteiger partial charge in [0.1, 0.15) is 4.90 Å². The number of benzene rings is 1. The molecule has 0 aliphatic carbocycles. The molecule has 1 aliphatic rings. The molecule has 1 amide bonds.